The number of nitrogens with one attached hydrogen (secondary N) is 2. The van der Waals surface area contributed by atoms with Crippen LogP contribution in [-0.2, 0) is 5.54 Å². The molecule has 0 amide bonds. The number of aromatic carboxylic acids is 1. The maximum atomic E-state index is 12.0. The summed E-state index contributed by atoms with van der Waals surface area (Å²) in [5.41, 5.74) is 4.45. The molecule has 8 bridgehead atoms. The number of carboxylic acid groups (broad SMARTS) is 1. The summed E-state index contributed by atoms with van der Waals surface area (Å²) < 4.78 is 0. The van der Waals surface area contributed by atoms with Gasteiger partial charge >= 0.3 is 5.97 Å². The maximum absolute atomic E-state index is 12.0. The maximum Gasteiger partial charge on any atom is 0.336 e. The second-order valence-corrected chi connectivity index (χ2v) is 8.35. The summed E-state index contributed by atoms with van der Waals surface area (Å²) in [6, 6.07) is 11.2. The van der Waals surface area contributed by atoms with Crippen molar-refractivity contribution in [3.63, 3.8) is 0 Å². The normalized spacial score (nSPS) is 22.4. The van der Waals surface area contributed by atoms with Crippen molar-refractivity contribution < 1.29 is 9.90 Å². The number of allylic oxidation sites excluding steroid dienone is 6. The number of fused-ring (bicyclic) bond motifs is 6. The van der Waals surface area contributed by atoms with Crippen LogP contribution >= 0.6 is 0 Å². The van der Waals surface area contributed by atoms with Crippen LogP contribution in [0.1, 0.15) is 22.3 Å². The van der Waals surface area contributed by atoms with Crippen molar-refractivity contribution in [2.75, 3.05) is 0 Å². The lowest BCUT2D eigenvalue weighted by molar-refractivity contribution is 0.0694. The van der Waals surface area contributed by atoms with Crippen LogP contribution in [0.15, 0.2) is 106 Å². The number of hydrogen-bond donors (Lipinski definition) is 3. The van der Waals surface area contributed by atoms with Crippen molar-refractivity contribution in [3.05, 3.63) is 118 Å². The molecule has 6 nitrogen and oxygen atoms in total. The molecule has 6 rings (SSSR count). The van der Waals surface area contributed by atoms with Gasteiger partial charge in [0.1, 0.15) is 0 Å². The number of hydrogen-bond acceptors (Lipinski definition) is 4. The molecule has 1 unspecified atom stereocenters. The first-order valence-corrected chi connectivity index (χ1v) is 10.7. The van der Waals surface area contributed by atoms with E-state index in [1.165, 1.54) is 0 Å². The van der Waals surface area contributed by atoms with Crippen molar-refractivity contribution in [2.45, 2.75) is 12.0 Å². The molecule has 4 aliphatic heterocycles. The van der Waals surface area contributed by atoms with E-state index in [-0.39, 0.29) is 5.56 Å². The average Bonchev–Trinajstić information content (AvgIpc) is 3.59. The molecule has 33 heavy (non-hydrogen) atoms. The van der Waals surface area contributed by atoms with E-state index in [0.717, 1.165) is 39.2 Å². The van der Waals surface area contributed by atoms with Crippen molar-refractivity contribution in [2.24, 2.45) is 9.98 Å². The molecule has 160 valence electrons. The van der Waals surface area contributed by atoms with Crippen LogP contribution in [-0.4, -0.2) is 27.5 Å². The molecule has 4 aliphatic rings. The van der Waals surface area contributed by atoms with Gasteiger partial charge in [0.05, 0.1) is 33.9 Å². The number of H-pyrrole nitrogens is 1. The molecule has 0 spiro atoms. The molecule has 0 aliphatic carbocycles. The van der Waals surface area contributed by atoms with Gasteiger partial charge in [0.25, 0.3) is 0 Å². The monoisotopic (exact) mass is 432 g/mol. The predicted molar refractivity (Wildman–Crippen MR) is 129 cm³/mol. The summed E-state index contributed by atoms with van der Waals surface area (Å²) >= 11 is 0. The highest BCUT2D eigenvalue weighted by atomic mass is 16.4. The van der Waals surface area contributed by atoms with Crippen molar-refractivity contribution in [1.82, 2.24) is 10.3 Å². The first-order chi connectivity index (χ1) is 16.1. The van der Waals surface area contributed by atoms with E-state index >= 15 is 0 Å². The number of nitrogens with zero attached hydrogens (tertiary/aromatic N) is 2. The minimum absolute atomic E-state index is 0.272. The second kappa shape index (κ2) is 7.31. The molecule has 2 aromatic rings. The molecule has 0 fully saturated rings. The standard InChI is InChI=1S/C27H20N4O2/c32-26(33)24-3-1-2-4-25(24)27-12-11-22(31-27)15-21-8-7-18(29-21)13-17-5-6-19(28-17)14-20-9-10-23(16-27)30-20/h1-11,13-16,29,31H,12H2,(H,32,33). The second-order valence-electron chi connectivity index (χ2n) is 8.35. The third-order valence-corrected chi connectivity index (χ3v) is 6.05. The quantitative estimate of drug-likeness (QED) is 0.682. The Hall–Kier alpha value is -4.45. The van der Waals surface area contributed by atoms with E-state index in [0.29, 0.717) is 12.0 Å². The van der Waals surface area contributed by atoms with Gasteiger partial charge in [0.2, 0.25) is 0 Å². The number of aromatic amines is 1. The van der Waals surface area contributed by atoms with Crippen LogP contribution in [0.5, 0.6) is 0 Å². The fourth-order valence-electron chi connectivity index (χ4n) is 4.57. The van der Waals surface area contributed by atoms with Crippen LogP contribution in [0.2, 0.25) is 0 Å². The molecule has 0 saturated carbocycles. The lowest BCUT2D eigenvalue weighted by Crippen LogP contribution is -2.37. The topological polar surface area (TPSA) is 89.8 Å². The van der Waals surface area contributed by atoms with Gasteiger partial charge in [-0.15, -0.1) is 0 Å². The van der Waals surface area contributed by atoms with Crippen LogP contribution in [0.3, 0.4) is 0 Å². The molecule has 1 aromatic carbocycles. The molecular formula is C27H20N4O2. The number of aliphatic imine (C=N–C) groups is 2. The zero-order valence-electron chi connectivity index (χ0n) is 17.6. The SMILES string of the molecule is O=C(O)c1ccccc1C12C=C3C=CC(=N3)C=C3C=CC(=N3)C=c3ccc([nH]3)=CC(=CC1)N2. The first-order valence-electron chi connectivity index (χ1n) is 10.7. The van der Waals surface area contributed by atoms with Gasteiger partial charge in [-0.3, -0.25) is 0 Å². The van der Waals surface area contributed by atoms with Crippen molar-refractivity contribution in [1.29, 1.82) is 0 Å². The fourth-order valence-corrected chi connectivity index (χ4v) is 4.57. The Morgan fingerprint density at radius 3 is 2.45 bits per heavy atom. The molecule has 1 aromatic heterocycles. The Morgan fingerprint density at radius 1 is 0.879 bits per heavy atom. The van der Waals surface area contributed by atoms with Crippen molar-refractivity contribution >= 4 is 29.5 Å². The Morgan fingerprint density at radius 2 is 1.61 bits per heavy atom. The number of rotatable bonds is 2. The fraction of sp³-hybridized carbons (Fsp3) is 0.0741. The number of carboxylic acids is 1. The largest absolute Gasteiger partial charge is 0.478 e. The van der Waals surface area contributed by atoms with Gasteiger partial charge in [-0.25, -0.2) is 14.8 Å². The van der Waals surface area contributed by atoms with Crippen LogP contribution in [0.25, 0.3) is 12.2 Å². The molecule has 6 heteroatoms. The van der Waals surface area contributed by atoms with E-state index in [2.05, 4.69) is 21.4 Å². The number of benzene rings is 1. The Balaban J connectivity index is 1.56. The summed E-state index contributed by atoms with van der Waals surface area (Å²) in [4.78, 5) is 24.9. The summed E-state index contributed by atoms with van der Waals surface area (Å²) in [6.07, 6.45) is 18.5. The molecule has 1 atom stereocenters. The highest BCUT2D eigenvalue weighted by molar-refractivity contribution is 6.19. The lowest BCUT2D eigenvalue weighted by Gasteiger charge is -2.30. The van der Waals surface area contributed by atoms with Gasteiger partial charge in [0, 0.05) is 16.4 Å². The van der Waals surface area contributed by atoms with Crippen LogP contribution in [0.4, 0.5) is 0 Å². The third-order valence-electron chi connectivity index (χ3n) is 6.05. The van der Waals surface area contributed by atoms with E-state index in [9.17, 15) is 9.90 Å². The Bertz CT molecular complexity index is 1540. The molecule has 3 N–H and O–H groups in total. The Labute approximate surface area is 189 Å². The van der Waals surface area contributed by atoms with Gasteiger partial charge in [0.15, 0.2) is 0 Å². The first kappa shape index (κ1) is 19.3. The smallest absolute Gasteiger partial charge is 0.336 e. The van der Waals surface area contributed by atoms with E-state index < -0.39 is 11.5 Å². The summed E-state index contributed by atoms with van der Waals surface area (Å²) in [7, 11) is 0. The minimum atomic E-state index is -0.952. The molecule has 0 radical (unpaired) electrons. The molecular weight excluding hydrogens is 412 g/mol. The van der Waals surface area contributed by atoms with Crippen LogP contribution in [0, 0.1) is 0 Å². The number of carbonyl (C=O) groups is 1. The van der Waals surface area contributed by atoms with Gasteiger partial charge in [-0.2, -0.15) is 0 Å². The zero-order chi connectivity index (χ0) is 22.4. The van der Waals surface area contributed by atoms with Gasteiger partial charge in [-0.05, 0) is 78.8 Å². The number of aromatic nitrogens is 1. The zero-order valence-corrected chi connectivity index (χ0v) is 17.6. The van der Waals surface area contributed by atoms with Crippen LogP contribution < -0.4 is 16.0 Å². The lowest BCUT2D eigenvalue weighted by atomic mass is 9.84. The molecule has 0 saturated heterocycles. The summed E-state index contributed by atoms with van der Waals surface area (Å²) in [5, 5.41) is 15.4. The average molecular weight is 432 g/mol. The van der Waals surface area contributed by atoms with Gasteiger partial charge in [-0.1, -0.05) is 24.3 Å². The van der Waals surface area contributed by atoms with Gasteiger partial charge < -0.3 is 15.4 Å². The van der Waals surface area contributed by atoms with E-state index in [1.807, 2.05) is 72.9 Å². The third kappa shape index (κ3) is 3.51. The Kier molecular flexibility index (Phi) is 4.26. The predicted octanol–water partition coefficient (Wildman–Crippen LogP) is 2.85. The highest BCUT2D eigenvalue weighted by Crippen LogP contribution is 2.37. The molecule has 5 heterocycles. The summed E-state index contributed by atoms with van der Waals surface area (Å²) in [5.74, 6) is -0.952. The van der Waals surface area contributed by atoms with E-state index in [1.54, 1.807) is 12.1 Å². The summed E-state index contributed by atoms with van der Waals surface area (Å²) in [6.45, 7) is 0. The highest BCUT2D eigenvalue weighted by Gasteiger charge is 2.37. The minimum Gasteiger partial charge on any atom is -0.478 e. The van der Waals surface area contributed by atoms with Crippen molar-refractivity contribution in [3.8, 4) is 0 Å². The van der Waals surface area contributed by atoms with E-state index in [4.69, 9.17) is 4.99 Å².